The van der Waals surface area contributed by atoms with E-state index in [1.807, 2.05) is 0 Å². The Morgan fingerprint density at radius 3 is 1.62 bits per heavy atom. The Morgan fingerprint density at radius 1 is 0.586 bits per heavy atom. The van der Waals surface area contributed by atoms with Crippen molar-refractivity contribution in [1.29, 1.82) is 0 Å². The van der Waals surface area contributed by atoms with Gasteiger partial charge in [-0.3, -0.25) is 0 Å². The molecular formula is C28H42O. The van der Waals surface area contributed by atoms with Crippen LogP contribution in [-0.4, -0.2) is 6.61 Å². The zero-order valence-electron chi connectivity index (χ0n) is 18.9. The molecule has 1 nitrogen and oxygen atoms in total. The normalized spacial score (nSPS) is 12.2. The third-order valence-corrected chi connectivity index (χ3v) is 5.85. The van der Waals surface area contributed by atoms with E-state index in [4.69, 9.17) is 4.74 Å². The molecule has 160 valence electrons. The largest absolute Gasteiger partial charge is 0.374 e. The second kappa shape index (κ2) is 15.3. The van der Waals surface area contributed by atoms with Gasteiger partial charge in [0.05, 0.1) is 6.10 Å². The fourth-order valence-corrected chi connectivity index (χ4v) is 3.88. The Morgan fingerprint density at radius 2 is 1.07 bits per heavy atom. The van der Waals surface area contributed by atoms with Crippen molar-refractivity contribution >= 4 is 0 Å². The van der Waals surface area contributed by atoms with Crippen LogP contribution in [0.4, 0.5) is 0 Å². The van der Waals surface area contributed by atoms with E-state index in [1.54, 1.807) is 0 Å². The van der Waals surface area contributed by atoms with Crippen molar-refractivity contribution in [3.05, 3.63) is 60.2 Å². The molecule has 2 aromatic rings. The maximum Gasteiger partial charge on any atom is 0.0796 e. The van der Waals surface area contributed by atoms with Gasteiger partial charge >= 0.3 is 0 Å². The van der Waals surface area contributed by atoms with Crippen LogP contribution < -0.4 is 0 Å². The SMILES string of the molecule is CCCCCCCCCCCCCCOC(C)c1ccc(-c2ccccc2)cc1. The fourth-order valence-electron chi connectivity index (χ4n) is 3.88. The molecule has 0 amide bonds. The van der Waals surface area contributed by atoms with Crippen LogP contribution in [0.3, 0.4) is 0 Å². The van der Waals surface area contributed by atoms with E-state index in [2.05, 4.69) is 68.4 Å². The molecule has 0 heterocycles. The molecular weight excluding hydrogens is 352 g/mol. The van der Waals surface area contributed by atoms with Crippen molar-refractivity contribution in [3.8, 4) is 11.1 Å². The van der Waals surface area contributed by atoms with Gasteiger partial charge in [0.15, 0.2) is 0 Å². The van der Waals surface area contributed by atoms with Crippen molar-refractivity contribution in [1.82, 2.24) is 0 Å². The highest BCUT2D eigenvalue weighted by Gasteiger charge is 2.06. The highest BCUT2D eigenvalue weighted by Crippen LogP contribution is 2.23. The van der Waals surface area contributed by atoms with Crippen molar-refractivity contribution < 1.29 is 4.74 Å². The number of benzene rings is 2. The predicted molar refractivity (Wildman–Crippen MR) is 127 cm³/mol. The van der Waals surface area contributed by atoms with Gasteiger partial charge < -0.3 is 4.74 Å². The zero-order chi connectivity index (χ0) is 20.6. The maximum absolute atomic E-state index is 6.07. The van der Waals surface area contributed by atoms with E-state index < -0.39 is 0 Å². The van der Waals surface area contributed by atoms with Crippen molar-refractivity contribution in [2.45, 2.75) is 97.0 Å². The number of ether oxygens (including phenoxy) is 1. The Bertz CT molecular complexity index is 617. The van der Waals surface area contributed by atoms with E-state index in [9.17, 15) is 0 Å². The molecule has 0 aliphatic rings. The van der Waals surface area contributed by atoms with Crippen molar-refractivity contribution in [2.24, 2.45) is 0 Å². The number of hydrogen-bond acceptors (Lipinski definition) is 1. The number of rotatable bonds is 16. The Labute approximate surface area is 179 Å². The topological polar surface area (TPSA) is 9.23 Å². The lowest BCUT2D eigenvalue weighted by Crippen LogP contribution is -2.01. The van der Waals surface area contributed by atoms with Crippen LogP contribution in [0.1, 0.15) is 103 Å². The lowest BCUT2D eigenvalue weighted by molar-refractivity contribution is 0.0627. The van der Waals surface area contributed by atoms with Gasteiger partial charge in [-0.25, -0.2) is 0 Å². The highest BCUT2D eigenvalue weighted by atomic mass is 16.5. The fraction of sp³-hybridized carbons (Fsp3) is 0.571. The standard InChI is InChI=1S/C28H42O/c1-3-4-5-6-7-8-9-10-11-12-13-17-24-29-25(2)26-20-22-28(23-21-26)27-18-15-14-16-19-27/h14-16,18-23,25H,3-13,17,24H2,1-2H3. The molecule has 0 saturated heterocycles. The van der Waals surface area contributed by atoms with Gasteiger partial charge in [0.25, 0.3) is 0 Å². The van der Waals surface area contributed by atoms with Crippen LogP contribution in [0.5, 0.6) is 0 Å². The lowest BCUT2D eigenvalue weighted by atomic mass is 10.0. The average molecular weight is 395 g/mol. The summed E-state index contributed by atoms with van der Waals surface area (Å²) in [7, 11) is 0. The second-order valence-electron chi connectivity index (χ2n) is 8.39. The van der Waals surface area contributed by atoms with Gasteiger partial charge in [0.2, 0.25) is 0 Å². The molecule has 1 heteroatoms. The monoisotopic (exact) mass is 394 g/mol. The summed E-state index contributed by atoms with van der Waals surface area (Å²) in [6.07, 6.45) is 16.8. The Hall–Kier alpha value is -1.60. The first-order valence-corrected chi connectivity index (χ1v) is 12.1. The molecule has 0 aliphatic carbocycles. The summed E-state index contributed by atoms with van der Waals surface area (Å²) < 4.78 is 6.07. The van der Waals surface area contributed by atoms with Gasteiger partial charge in [0, 0.05) is 6.61 Å². The third-order valence-electron chi connectivity index (χ3n) is 5.85. The molecule has 0 aromatic heterocycles. The van der Waals surface area contributed by atoms with Crippen LogP contribution >= 0.6 is 0 Å². The summed E-state index contributed by atoms with van der Waals surface area (Å²) in [6, 6.07) is 19.4. The molecule has 0 N–H and O–H groups in total. The van der Waals surface area contributed by atoms with Gasteiger partial charge in [0.1, 0.15) is 0 Å². The lowest BCUT2D eigenvalue weighted by Gasteiger charge is -2.14. The summed E-state index contributed by atoms with van der Waals surface area (Å²) in [6.45, 7) is 5.33. The van der Waals surface area contributed by atoms with Crippen LogP contribution in [0.15, 0.2) is 54.6 Å². The minimum atomic E-state index is 0.174. The first-order chi connectivity index (χ1) is 14.3. The minimum Gasteiger partial charge on any atom is -0.374 e. The van der Waals surface area contributed by atoms with Crippen LogP contribution in [0, 0.1) is 0 Å². The Kier molecular flexibility index (Phi) is 12.5. The molecule has 0 fully saturated rings. The Balaban J connectivity index is 1.48. The molecule has 29 heavy (non-hydrogen) atoms. The van der Waals surface area contributed by atoms with E-state index in [1.165, 1.54) is 93.7 Å². The molecule has 1 atom stereocenters. The summed E-state index contributed by atoms with van der Waals surface area (Å²) in [5.41, 5.74) is 3.80. The first-order valence-electron chi connectivity index (χ1n) is 12.1. The van der Waals surface area contributed by atoms with Crippen molar-refractivity contribution in [3.63, 3.8) is 0 Å². The number of hydrogen-bond donors (Lipinski definition) is 0. The second-order valence-corrected chi connectivity index (χ2v) is 8.39. The molecule has 0 saturated carbocycles. The van der Waals surface area contributed by atoms with Crippen LogP contribution in [0.25, 0.3) is 11.1 Å². The summed E-state index contributed by atoms with van der Waals surface area (Å²) >= 11 is 0. The van der Waals surface area contributed by atoms with Crippen molar-refractivity contribution in [2.75, 3.05) is 6.61 Å². The van der Waals surface area contributed by atoms with Crippen LogP contribution in [-0.2, 0) is 4.74 Å². The van der Waals surface area contributed by atoms with E-state index in [-0.39, 0.29) is 6.10 Å². The highest BCUT2D eigenvalue weighted by molar-refractivity contribution is 5.63. The smallest absolute Gasteiger partial charge is 0.0796 e. The van der Waals surface area contributed by atoms with E-state index in [0.29, 0.717) is 0 Å². The molecule has 0 spiro atoms. The number of unbranched alkanes of at least 4 members (excludes halogenated alkanes) is 11. The van der Waals surface area contributed by atoms with E-state index >= 15 is 0 Å². The zero-order valence-corrected chi connectivity index (χ0v) is 18.9. The maximum atomic E-state index is 6.07. The average Bonchev–Trinajstić information content (AvgIpc) is 2.77. The van der Waals surface area contributed by atoms with Gasteiger partial charge in [-0.1, -0.05) is 132 Å². The minimum absolute atomic E-state index is 0.174. The summed E-state index contributed by atoms with van der Waals surface area (Å²) in [5.74, 6) is 0. The molecule has 2 rings (SSSR count). The van der Waals surface area contributed by atoms with Crippen LogP contribution in [0.2, 0.25) is 0 Å². The summed E-state index contributed by atoms with van der Waals surface area (Å²) in [4.78, 5) is 0. The van der Waals surface area contributed by atoms with Gasteiger partial charge in [-0.05, 0) is 30.0 Å². The summed E-state index contributed by atoms with van der Waals surface area (Å²) in [5, 5.41) is 0. The molecule has 0 bridgehead atoms. The molecule has 0 aliphatic heterocycles. The predicted octanol–water partition coefficient (Wildman–Crippen LogP) is 9.13. The van der Waals surface area contributed by atoms with Gasteiger partial charge in [-0.2, -0.15) is 0 Å². The molecule has 2 aromatic carbocycles. The quantitative estimate of drug-likeness (QED) is 0.258. The first kappa shape index (κ1) is 23.7. The third kappa shape index (κ3) is 10.1. The van der Waals surface area contributed by atoms with Gasteiger partial charge in [-0.15, -0.1) is 0 Å². The van der Waals surface area contributed by atoms with E-state index in [0.717, 1.165) is 6.61 Å². The molecule has 1 unspecified atom stereocenters. The molecule has 0 radical (unpaired) electrons.